The average molecular weight is 116 g/mol. The number of carbonyl (C=O) groups is 2. The standard InChI is InChI=1S/C4H6NO3/c1-5-3(6)2-4(7)8/h1-2H2,(H,5,6)(H,7,8). The molecule has 0 saturated carbocycles. The molecule has 8 heavy (non-hydrogen) atoms. The van der Waals surface area contributed by atoms with Crippen molar-refractivity contribution in [3.8, 4) is 0 Å². The first-order chi connectivity index (χ1) is 3.66. The minimum atomic E-state index is -1.15. The van der Waals surface area contributed by atoms with Gasteiger partial charge in [-0.25, -0.2) is 0 Å². The number of aliphatic carboxylic acids is 1. The number of carboxylic acid groups (broad SMARTS) is 1. The Bertz CT molecular complexity index is 110. The summed E-state index contributed by atoms with van der Waals surface area (Å²) in [6, 6.07) is 0. The predicted octanol–water partition coefficient (Wildman–Crippen LogP) is -0.631. The molecule has 0 aromatic rings. The molecule has 0 spiro atoms. The highest BCUT2D eigenvalue weighted by molar-refractivity contribution is 5.93. The number of hydrogen-bond acceptors (Lipinski definition) is 2. The number of carbonyl (C=O) groups excluding carboxylic acids is 1. The van der Waals surface area contributed by atoms with E-state index in [2.05, 4.69) is 7.05 Å². The van der Waals surface area contributed by atoms with E-state index in [1.165, 1.54) is 0 Å². The van der Waals surface area contributed by atoms with Crippen LogP contribution in [0.5, 0.6) is 0 Å². The van der Waals surface area contributed by atoms with Gasteiger partial charge in [0.1, 0.15) is 6.42 Å². The van der Waals surface area contributed by atoms with Crippen LogP contribution in [-0.4, -0.2) is 17.0 Å². The van der Waals surface area contributed by atoms with Gasteiger partial charge in [-0.3, -0.25) is 9.59 Å². The molecule has 4 heteroatoms. The summed E-state index contributed by atoms with van der Waals surface area (Å²) in [5.74, 6) is -1.73. The lowest BCUT2D eigenvalue weighted by Crippen LogP contribution is -2.18. The molecular weight excluding hydrogens is 110 g/mol. The van der Waals surface area contributed by atoms with Gasteiger partial charge in [0.05, 0.1) is 0 Å². The van der Waals surface area contributed by atoms with Crippen LogP contribution in [-0.2, 0) is 9.59 Å². The molecule has 0 atom stereocenters. The third-order valence-corrected chi connectivity index (χ3v) is 0.509. The Labute approximate surface area is 46.5 Å². The Morgan fingerprint density at radius 2 is 2.12 bits per heavy atom. The molecule has 0 bridgehead atoms. The minimum Gasteiger partial charge on any atom is -0.481 e. The molecule has 0 saturated heterocycles. The van der Waals surface area contributed by atoms with Gasteiger partial charge in [0, 0.05) is 7.05 Å². The van der Waals surface area contributed by atoms with Gasteiger partial charge in [0.25, 0.3) is 0 Å². The van der Waals surface area contributed by atoms with Gasteiger partial charge >= 0.3 is 5.97 Å². The molecule has 0 aromatic heterocycles. The largest absolute Gasteiger partial charge is 0.481 e. The minimum absolute atomic E-state index is 0.510. The normalized spacial score (nSPS) is 8.12. The van der Waals surface area contributed by atoms with Crippen LogP contribution in [0.4, 0.5) is 0 Å². The maximum absolute atomic E-state index is 10.1. The fourth-order valence-electron chi connectivity index (χ4n) is 0.200. The van der Waals surface area contributed by atoms with Gasteiger partial charge in [-0.1, -0.05) is 0 Å². The van der Waals surface area contributed by atoms with Crippen molar-refractivity contribution in [3.63, 3.8) is 0 Å². The molecule has 0 aliphatic carbocycles. The number of carboxylic acids is 1. The van der Waals surface area contributed by atoms with Gasteiger partial charge in [-0.15, -0.1) is 0 Å². The van der Waals surface area contributed by atoms with Crippen molar-refractivity contribution < 1.29 is 14.7 Å². The van der Waals surface area contributed by atoms with E-state index in [4.69, 9.17) is 5.11 Å². The van der Waals surface area contributed by atoms with E-state index in [1.54, 1.807) is 0 Å². The van der Waals surface area contributed by atoms with Crippen LogP contribution in [0.2, 0.25) is 0 Å². The zero-order chi connectivity index (χ0) is 6.57. The maximum atomic E-state index is 10.1. The van der Waals surface area contributed by atoms with Crippen molar-refractivity contribution in [2.45, 2.75) is 6.42 Å². The van der Waals surface area contributed by atoms with Crippen LogP contribution in [0.3, 0.4) is 0 Å². The van der Waals surface area contributed by atoms with Crippen molar-refractivity contribution in [2.75, 3.05) is 0 Å². The Morgan fingerprint density at radius 3 is 2.25 bits per heavy atom. The first-order valence-electron chi connectivity index (χ1n) is 1.94. The van der Waals surface area contributed by atoms with E-state index < -0.39 is 18.3 Å². The lowest BCUT2D eigenvalue weighted by atomic mass is 10.4. The highest BCUT2D eigenvalue weighted by atomic mass is 16.4. The summed E-state index contributed by atoms with van der Waals surface area (Å²) >= 11 is 0. The van der Waals surface area contributed by atoms with E-state index >= 15 is 0 Å². The molecule has 4 nitrogen and oxygen atoms in total. The van der Waals surface area contributed by atoms with Crippen molar-refractivity contribution in [2.24, 2.45) is 0 Å². The molecule has 1 radical (unpaired) electrons. The highest BCUT2D eigenvalue weighted by Crippen LogP contribution is 1.75. The first-order valence-corrected chi connectivity index (χ1v) is 1.94. The van der Waals surface area contributed by atoms with E-state index in [0.29, 0.717) is 0 Å². The predicted molar refractivity (Wildman–Crippen MR) is 25.8 cm³/mol. The Kier molecular flexibility index (Phi) is 2.61. The van der Waals surface area contributed by atoms with Crippen LogP contribution in [0.25, 0.3) is 0 Å². The third-order valence-electron chi connectivity index (χ3n) is 0.509. The molecule has 0 rings (SSSR count). The highest BCUT2D eigenvalue weighted by Gasteiger charge is 2.02. The molecule has 1 amide bonds. The summed E-state index contributed by atoms with van der Waals surface area (Å²) in [6.07, 6.45) is -0.510. The first kappa shape index (κ1) is 6.94. The van der Waals surface area contributed by atoms with Crippen LogP contribution in [0.15, 0.2) is 0 Å². The zero-order valence-electron chi connectivity index (χ0n) is 4.18. The molecule has 45 valence electrons. The molecule has 0 aliphatic heterocycles. The number of nitrogens with one attached hydrogen (secondary N) is 1. The van der Waals surface area contributed by atoms with Crippen LogP contribution in [0, 0.1) is 7.05 Å². The molecule has 0 fully saturated rings. The van der Waals surface area contributed by atoms with Gasteiger partial charge < -0.3 is 10.4 Å². The second-order valence-corrected chi connectivity index (χ2v) is 1.17. The zero-order valence-corrected chi connectivity index (χ0v) is 4.18. The second kappa shape index (κ2) is 3.01. The molecule has 0 unspecified atom stereocenters. The van der Waals surface area contributed by atoms with Crippen molar-refractivity contribution in [1.82, 2.24) is 5.32 Å². The maximum Gasteiger partial charge on any atom is 0.312 e. The summed E-state index contributed by atoms with van der Waals surface area (Å²) in [6.45, 7) is 0. The van der Waals surface area contributed by atoms with E-state index in [9.17, 15) is 9.59 Å². The van der Waals surface area contributed by atoms with E-state index in [1.807, 2.05) is 5.32 Å². The van der Waals surface area contributed by atoms with Crippen molar-refractivity contribution in [1.29, 1.82) is 0 Å². The number of amides is 1. The smallest absolute Gasteiger partial charge is 0.312 e. The van der Waals surface area contributed by atoms with Crippen LogP contribution >= 0.6 is 0 Å². The molecule has 0 aliphatic rings. The Morgan fingerprint density at radius 1 is 1.62 bits per heavy atom. The third kappa shape index (κ3) is 3.14. The fourth-order valence-corrected chi connectivity index (χ4v) is 0.200. The van der Waals surface area contributed by atoms with Crippen molar-refractivity contribution in [3.05, 3.63) is 7.05 Å². The van der Waals surface area contributed by atoms with Crippen LogP contribution < -0.4 is 5.32 Å². The summed E-state index contributed by atoms with van der Waals surface area (Å²) in [5, 5.41) is 9.85. The number of hydrogen-bond donors (Lipinski definition) is 2. The summed E-state index contributed by atoms with van der Waals surface area (Å²) < 4.78 is 0. The monoisotopic (exact) mass is 116 g/mol. The molecular formula is C4H6NO3. The van der Waals surface area contributed by atoms with Gasteiger partial charge in [0.2, 0.25) is 5.91 Å². The van der Waals surface area contributed by atoms with Crippen molar-refractivity contribution >= 4 is 11.9 Å². The topological polar surface area (TPSA) is 66.4 Å². The SMILES string of the molecule is [CH2]NC(=O)CC(=O)O. The fraction of sp³-hybridized carbons (Fsp3) is 0.250. The van der Waals surface area contributed by atoms with Gasteiger partial charge in [-0.2, -0.15) is 0 Å². The summed E-state index contributed by atoms with van der Waals surface area (Å²) in [4.78, 5) is 19.7. The molecule has 0 aromatic carbocycles. The average Bonchev–Trinajstić information content (AvgIpc) is 1.65. The summed E-state index contributed by atoms with van der Waals surface area (Å²) in [7, 11) is 2.98. The van der Waals surface area contributed by atoms with E-state index in [-0.39, 0.29) is 0 Å². The van der Waals surface area contributed by atoms with Gasteiger partial charge in [-0.05, 0) is 0 Å². The summed E-state index contributed by atoms with van der Waals surface area (Å²) in [5.41, 5.74) is 0. The lowest BCUT2D eigenvalue weighted by molar-refractivity contribution is -0.140. The molecule has 0 heterocycles. The van der Waals surface area contributed by atoms with Gasteiger partial charge in [0.15, 0.2) is 0 Å². The molecule has 2 N–H and O–H groups in total. The van der Waals surface area contributed by atoms with Crippen LogP contribution in [0.1, 0.15) is 6.42 Å². The quantitative estimate of drug-likeness (QED) is 0.472. The Balaban J connectivity index is 3.40. The van der Waals surface area contributed by atoms with E-state index in [0.717, 1.165) is 0 Å². The Hall–Kier alpha value is -1.06. The lowest BCUT2D eigenvalue weighted by Gasteiger charge is -1.90. The number of rotatable bonds is 2. The second-order valence-electron chi connectivity index (χ2n) is 1.17.